The summed E-state index contributed by atoms with van der Waals surface area (Å²) in [5.41, 5.74) is -0.167. The van der Waals surface area contributed by atoms with Crippen LogP contribution in [0.2, 0.25) is 0 Å². The van der Waals surface area contributed by atoms with E-state index < -0.39 is 0 Å². The molecule has 1 aliphatic rings. The molecule has 0 bridgehead atoms. The van der Waals surface area contributed by atoms with Crippen LogP contribution in [-0.2, 0) is 4.79 Å². The summed E-state index contributed by atoms with van der Waals surface area (Å²) >= 11 is 1.82. The Morgan fingerprint density at radius 2 is 2.43 bits per heavy atom. The third-order valence-electron chi connectivity index (χ3n) is 2.73. The van der Waals surface area contributed by atoms with Crippen LogP contribution in [-0.4, -0.2) is 37.6 Å². The predicted octanol–water partition coefficient (Wildman–Crippen LogP) is 0.855. The van der Waals surface area contributed by atoms with Crippen molar-refractivity contribution >= 4 is 17.7 Å². The van der Waals surface area contributed by atoms with Gasteiger partial charge in [-0.25, -0.2) is 0 Å². The van der Waals surface area contributed by atoms with E-state index in [1.54, 1.807) is 0 Å². The zero-order valence-electron chi connectivity index (χ0n) is 9.06. The zero-order valence-corrected chi connectivity index (χ0v) is 9.88. The maximum atomic E-state index is 11.8. The molecule has 0 aliphatic carbocycles. The van der Waals surface area contributed by atoms with Gasteiger partial charge in [-0.15, -0.1) is 0 Å². The van der Waals surface area contributed by atoms with Crippen LogP contribution in [0.5, 0.6) is 0 Å². The SMILES string of the molecule is CSCCCNC(=O)C1(C)CCNC1. The average molecular weight is 216 g/mol. The van der Waals surface area contributed by atoms with Gasteiger partial charge in [0.05, 0.1) is 5.41 Å². The molecule has 0 aromatic heterocycles. The summed E-state index contributed by atoms with van der Waals surface area (Å²) in [5.74, 6) is 1.33. The summed E-state index contributed by atoms with van der Waals surface area (Å²) in [6.45, 7) is 4.64. The van der Waals surface area contributed by atoms with E-state index in [1.807, 2.05) is 18.7 Å². The Morgan fingerprint density at radius 1 is 1.64 bits per heavy atom. The molecule has 1 heterocycles. The molecular weight excluding hydrogens is 196 g/mol. The average Bonchev–Trinajstić information content (AvgIpc) is 2.61. The van der Waals surface area contributed by atoms with Crippen molar-refractivity contribution in [2.24, 2.45) is 5.41 Å². The molecule has 14 heavy (non-hydrogen) atoms. The second-order valence-electron chi connectivity index (χ2n) is 4.09. The topological polar surface area (TPSA) is 41.1 Å². The van der Waals surface area contributed by atoms with Gasteiger partial charge in [-0.2, -0.15) is 11.8 Å². The van der Waals surface area contributed by atoms with Gasteiger partial charge >= 0.3 is 0 Å². The number of thioether (sulfide) groups is 1. The summed E-state index contributed by atoms with van der Waals surface area (Å²) in [6, 6.07) is 0. The van der Waals surface area contributed by atoms with E-state index in [1.165, 1.54) is 0 Å². The van der Waals surface area contributed by atoms with Crippen molar-refractivity contribution in [2.45, 2.75) is 19.8 Å². The molecule has 1 rings (SSSR count). The minimum atomic E-state index is -0.167. The van der Waals surface area contributed by atoms with E-state index in [-0.39, 0.29) is 11.3 Å². The number of carbonyl (C=O) groups excluding carboxylic acids is 1. The number of amides is 1. The predicted molar refractivity (Wildman–Crippen MR) is 61.6 cm³/mol. The molecule has 3 nitrogen and oxygen atoms in total. The molecule has 1 unspecified atom stereocenters. The Bertz CT molecular complexity index is 191. The molecule has 0 saturated carbocycles. The molecule has 1 fully saturated rings. The van der Waals surface area contributed by atoms with Crippen LogP contribution in [0, 0.1) is 5.41 Å². The second-order valence-corrected chi connectivity index (χ2v) is 5.08. The molecule has 4 heteroatoms. The van der Waals surface area contributed by atoms with Crippen LogP contribution in [0.1, 0.15) is 19.8 Å². The summed E-state index contributed by atoms with van der Waals surface area (Å²) in [5, 5.41) is 6.24. The molecule has 0 aromatic carbocycles. The lowest BCUT2D eigenvalue weighted by Crippen LogP contribution is -2.40. The lowest BCUT2D eigenvalue weighted by atomic mass is 9.89. The van der Waals surface area contributed by atoms with Crippen molar-refractivity contribution in [1.82, 2.24) is 10.6 Å². The van der Waals surface area contributed by atoms with Gasteiger partial charge in [0.2, 0.25) is 5.91 Å². The van der Waals surface area contributed by atoms with Gasteiger partial charge in [0.25, 0.3) is 0 Å². The Labute approximate surface area is 90.4 Å². The molecule has 0 aromatic rings. The highest BCUT2D eigenvalue weighted by molar-refractivity contribution is 7.98. The van der Waals surface area contributed by atoms with Crippen molar-refractivity contribution in [2.75, 3.05) is 31.6 Å². The molecule has 1 atom stereocenters. The highest BCUT2D eigenvalue weighted by atomic mass is 32.2. The first-order chi connectivity index (χ1) is 6.69. The summed E-state index contributed by atoms with van der Waals surface area (Å²) in [6.07, 6.45) is 4.11. The summed E-state index contributed by atoms with van der Waals surface area (Å²) in [7, 11) is 0. The summed E-state index contributed by atoms with van der Waals surface area (Å²) < 4.78 is 0. The third kappa shape index (κ3) is 3.17. The number of rotatable bonds is 5. The smallest absolute Gasteiger partial charge is 0.227 e. The number of hydrogen-bond donors (Lipinski definition) is 2. The van der Waals surface area contributed by atoms with E-state index in [0.717, 1.165) is 38.2 Å². The lowest BCUT2D eigenvalue weighted by molar-refractivity contribution is -0.129. The minimum absolute atomic E-state index is 0.167. The van der Waals surface area contributed by atoms with Crippen molar-refractivity contribution in [3.8, 4) is 0 Å². The minimum Gasteiger partial charge on any atom is -0.356 e. The summed E-state index contributed by atoms with van der Waals surface area (Å²) in [4.78, 5) is 11.8. The molecule has 0 spiro atoms. The Morgan fingerprint density at radius 3 is 3.00 bits per heavy atom. The maximum absolute atomic E-state index is 11.8. The van der Waals surface area contributed by atoms with E-state index in [4.69, 9.17) is 0 Å². The van der Waals surface area contributed by atoms with E-state index in [9.17, 15) is 4.79 Å². The fourth-order valence-corrected chi connectivity index (χ4v) is 2.08. The van der Waals surface area contributed by atoms with Crippen LogP contribution >= 0.6 is 11.8 Å². The van der Waals surface area contributed by atoms with Crippen LogP contribution in [0.25, 0.3) is 0 Å². The van der Waals surface area contributed by atoms with Crippen LogP contribution in [0.15, 0.2) is 0 Å². The van der Waals surface area contributed by atoms with Gasteiger partial charge in [-0.3, -0.25) is 4.79 Å². The van der Waals surface area contributed by atoms with Crippen molar-refractivity contribution in [3.63, 3.8) is 0 Å². The van der Waals surface area contributed by atoms with Gasteiger partial charge < -0.3 is 10.6 Å². The van der Waals surface area contributed by atoms with E-state index in [2.05, 4.69) is 16.9 Å². The highest BCUT2D eigenvalue weighted by Crippen LogP contribution is 2.24. The van der Waals surface area contributed by atoms with Gasteiger partial charge in [-0.05, 0) is 38.3 Å². The third-order valence-corrected chi connectivity index (χ3v) is 3.42. The maximum Gasteiger partial charge on any atom is 0.227 e. The van der Waals surface area contributed by atoms with E-state index in [0.29, 0.717) is 0 Å². The molecular formula is C10H20N2OS. The second kappa shape index (κ2) is 5.61. The van der Waals surface area contributed by atoms with E-state index >= 15 is 0 Å². The van der Waals surface area contributed by atoms with Gasteiger partial charge in [0, 0.05) is 13.1 Å². The van der Waals surface area contributed by atoms with Crippen LogP contribution in [0.4, 0.5) is 0 Å². The zero-order chi connectivity index (χ0) is 10.4. The van der Waals surface area contributed by atoms with Crippen LogP contribution in [0.3, 0.4) is 0 Å². The van der Waals surface area contributed by atoms with Gasteiger partial charge in [0.15, 0.2) is 0 Å². The van der Waals surface area contributed by atoms with Crippen molar-refractivity contribution < 1.29 is 4.79 Å². The molecule has 0 radical (unpaired) electrons. The first-order valence-electron chi connectivity index (χ1n) is 5.17. The standard InChI is InChI=1S/C10H20N2OS/c1-10(4-6-11-8-10)9(13)12-5-3-7-14-2/h11H,3-8H2,1-2H3,(H,12,13). The Hall–Kier alpha value is -0.220. The monoisotopic (exact) mass is 216 g/mol. The first-order valence-corrected chi connectivity index (χ1v) is 6.56. The van der Waals surface area contributed by atoms with Crippen LogP contribution < -0.4 is 10.6 Å². The van der Waals surface area contributed by atoms with Gasteiger partial charge in [0.1, 0.15) is 0 Å². The molecule has 1 saturated heterocycles. The first kappa shape index (κ1) is 11.9. The molecule has 1 aliphatic heterocycles. The number of nitrogens with one attached hydrogen (secondary N) is 2. The molecule has 1 amide bonds. The lowest BCUT2D eigenvalue weighted by Gasteiger charge is -2.21. The normalized spacial score (nSPS) is 26.4. The number of hydrogen-bond acceptors (Lipinski definition) is 3. The van der Waals surface area contributed by atoms with Gasteiger partial charge in [-0.1, -0.05) is 0 Å². The Balaban J connectivity index is 2.20. The van der Waals surface area contributed by atoms with Crippen molar-refractivity contribution in [3.05, 3.63) is 0 Å². The fourth-order valence-electron chi connectivity index (χ4n) is 1.64. The highest BCUT2D eigenvalue weighted by Gasteiger charge is 2.35. The molecule has 2 N–H and O–H groups in total. The largest absolute Gasteiger partial charge is 0.356 e. The molecule has 82 valence electrons. The quantitative estimate of drug-likeness (QED) is 0.670. The Kier molecular flexibility index (Phi) is 4.75. The van der Waals surface area contributed by atoms with Crippen molar-refractivity contribution in [1.29, 1.82) is 0 Å². The number of carbonyl (C=O) groups is 1. The fraction of sp³-hybridized carbons (Fsp3) is 0.900.